The zero-order chi connectivity index (χ0) is 14.5. The van der Waals surface area contributed by atoms with E-state index in [0.717, 1.165) is 6.07 Å². The van der Waals surface area contributed by atoms with Crippen molar-refractivity contribution in [2.24, 2.45) is 0 Å². The van der Waals surface area contributed by atoms with Crippen LogP contribution in [0.2, 0.25) is 5.15 Å². The predicted molar refractivity (Wildman–Crippen MR) is 73.6 cm³/mol. The SMILES string of the molecule is CCOc1ccc(Oc2cc([N+](=O)[O-])cc(Cl)n2)cc1. The second kappa shape index (κ2) is 6.21. The van der Waals surface area contributed by atoms with Crippen LogP contribution in [0.4, 0.5) is 5.69 Å². The van der Waals surface area contributed by atoms with E-state index in [1.165, 1.54) is 6.07 Å². The van der Waals surface area contributed by atoms with Crippen LogP contribution in [0.1, 0.15) is 6.92 Å². The molecule has 104 valence electrons. The molecule has 0 saturated heterocycles. The van der Waals surface area contributed by atoms with Gasteiger partial charge in [-0.25, -0.2) is 4.98 Å². The lowest BCUT2D eigenvalue weighted by Crippen LogP contribution is -1.94. The molecule has 20 heavy (non-hydrogen) atoms. The molecule has 6 nitrogen and oxygen atoms in total. The first kappa shape index (κ1) is 14.1. The quantitative estimate of drug-likeness (QED) is 0.476. The fourth-order valence-electron chi connectivity index (χ4n) is 1.51. The molecular weight excluding hydrogens is 284 g/mol. The number of hydrogen-bond donors (Lipinski definition) is 0. The summed E-state index contributed by atoms with van der Waals surface area (Å²) in [6.45, 7) is 2.46. The van der Waals surface area contributed by atoms with Crippen LogP contribution < -0.4 is 9.47 Å². The largest absolute Gasteiger partial charge is 0.494 e. The highest BCUT2D eigenvalue weighted by Crippen LogP contribution is 2.27. The van der Waals surface area contributed by atoms with Gasteiger partial charge in [-0.3, -0.25) is 10.1 Å². The van der Waals surface area contributed by atoms with Crippen molar-refractivity contribution in [1.82, 2.24) is 4.98 Å². The van der Waals surface area contributed by atoms with Crippen LogP contribution >= 0.6 is 11.6 Å². The first-order valence-electron chi connectivity index (χ1n) is 5.81. The van der Waals surface area contributed by atoms with E-state index < -0.39 is 4.92 Å². The number of ether oxygens (including phenoxy) is 2. The average Bonchev–Trinajstić information content (AvgIpc) is 2.40. The van der Waals surface area contributed by atoms with Gasteiger partial charge in [0, 0.05) is 0 Å². The van der Waals surface area contributed by atoms with E-state index in [1.54, 1.807) is 24.3 Å². The van der Waals surface area contributed by atoms with E-state index in [0.29, 0.717) is 18.1 Å². The van der Waals surface area contributed by atoms with Gasteiger partial charge in [0.15, 0.2) is 0 Å². The highest BCUT2D eigenvalue weighted by atomic mass is 35.5. The molecule has 0 radical (unpaired) electrons. The molecule has 0 aliphatic heterocycles. The topological polar surface area (TPSA) is 74.5 Å². The van der Waals surface area contributed by atoms with Gasteiger partial charge >= 0.3 is 0 Å². The lowest BCUT2D eigenvalue weighted by atomic mass is 10.3. The Hall–Kier alpha value is -2.34. The van der Waals surface area contributed by atoms with Gasteiger partial charge < -0.3 is 9.47 Å². The number of aromatic nitrogens is 1. The Kier molecular flexibility index (Phi) is 4.37. The molecule has 0 N–H and O–H groups in total. The van der Waals surface area contributed by atoms with Crippen molar-refractivity contribution in [2.75, 3.05) is 6.61 Å². The molecule has 0 fully saturated rings. The van der Waals surface area contributed by atoms with E-state index in [9.17, 15) is 10.1 Å². The predicted octanol–water partition coefficient (Wildman–Crippen LogP) is 3.83. The Bertz CT molecular complexity index is 616. The van der Waals surface area contributed by atoms with E-state index >= 15 is 0 Å². The van der Waals surface area contributed by atoms with Gasteiger partial charge in [-0.2, -0.15) is 0 Å². The molecule has 2 rings (SSSR count). The Labute approximate surface area is 120 Å². The minimum atomic E-state index is -0.557. The summed E-state index contributed by atoms with van der Waals surface area (Å²) in [5.74, 6) is 1.26. The molecule has 0 aliphatic rings. The van der Waals surface area contributed by atoms with Crippen LogP contribution in [0.25, 0.3) is 0 Å². The Morgan fingerprint density at radius 1 is 1.25 bits per heavy atom. The van der Waals surface area contributed by atoms with Crippen LogP contribution in [0.3, 0.4) is 0 Å². The number of benzene rings is 1. The molecule has 1 heterocycles. The fraction of sp³-hybridized carbons (Fsp3) is 0.154. The van der Waals surface area contributed by atoms with Crippen LogP contribution in [-0.2, 0) is 0 Å². The standard InChI is InChI=1S/C13H11ClN2O4/c1-2-19-10-3-5-11(6-4-10)20-13-8-9(16(17)18)7-12(14)15-13/h3-8H,2H2,1H3. The van der Waals surface area contributed by atoms with E-state index in [1.807, 2.05) is 6.92 Å². The van der Waals surface area contributed by atoms with E-state index in [-0.39, 0.29) is 16.7 Å². The highest BCUT2D eigenvalue weighted by Gasteiger charge is 2.11. The van der Waals surface area contributed by atoms with Crippen LogP contribution in [-0.4, -0.2) is 16.5 Å². The van der Waals surface area contributed by atoms with Gasteiger partial charge in [0.1, 0.15) is 16.7 Å². The second-order valence-corrected chi connectivity index (χ2v) is 4.14. The van der Waals surface area contributed by atoms with Crippen LogP contribution in [0.5, 0.6) is 17.4 Å². The molecule has 1 aromatic carbocycles. The highest BCUT2D eigenvalue weighted by molar-refractivity contribution is 6.29. The van der Waals surface area contributed by atoms with Crippen molar-refractivity contribution >= 4 is 17.3 Å². The summed E-state index contributed by atoms with van der Waals surface area (Å²) < 4.78 is 10.7. The van der Waals surface area contributed by atoms with Gasteiger partial charge in [0.25, 0.3) is 5.69 Å². The summed E-state index contributed by atoms with van der Waals surface area (Å²) in [5.41, 5.74) is -0.175. The summed E-state index contributed by atoms with van der Waals surface area (Å²) >= 11 is 5.71. The van der Waals surface area contributed by atoms with Gasteiger partial charge in [0.2, 0.25) is 5.88 Å². The lowest BCUT2D eigenvalue weighted by Gasteiger charge is -2.06. The zero-order valence-corrected chi connectivity index (χ0v) is 11.3. The summed E-state index contributed by atoms with van der Waals surface area (Å²) in [7, 11) is 0. The molecule has 2 aromatic rings. The van der Waals surface area contributed by atoms with Crippen molar-refractivity contribution in [2.45, 2.75) is 6.92 Å². The molecule has 1 aromatic heterocycles. The van der Waals surface area contributed by atoms with Crippen molar-refractivity contribution in [3.63, 3.8) is 0 Å². The fourth-order valence-corrected chi connectivity index (χ4v) is 1.70. The zero-order valence-electron chi connectivity index (χ0n) is 10.6. The normalized spacial score (nSPS) is 10.1. The monoisotopic (exact) mass is 294 g/mol. The van der Waals surface area contributed by atoms with Crippen molar-refractivity contribution in [3.8, 4) is 17.4 Å². The van der Waals surface area contributed by atoms with Crippen LogP contribution in [0, 0.1) is 10.1 Å². The third-order valence-corrected chi connectivity index (χ3v) is 2.52. The average molecular weight is 295 g/mol. The Morgan fingerprint density at radius 2 is 1.90 bits per heavy atom. The van der Waals surface area contributed by atoms with Crippen molar-refractivity contribution in [3.05, 3.63) is 51.7 Å². The summed E-state index contributed by atoms with van der Waals surface area (Å²) in [6.07, 6.45) is 0. The second-order valence-electron chi connectivity index (χ2n) is 3.75. The van der Waals surface area contributed by atoms with E-state index in [2.05, 4.69) is 4.98 Å². The van der Waals surface area contributed by atoms with Gasteiger partial charge in [-0.1, -0.05) is 11.6 Å². The molecular formula is C13H11ClN2O4. The summed E-state index contributed by atoms with van der Waals surface area (Å²) in [4.78, 5) is 14.0. The third-order valence-electron chi connectivity index (χ3n) is 2.32. The van der Waals surface area contributed by atoms with Gasteiger partial charge in [0.05, 0.1) is 23.7 Å². The molecule has 0 atom stereocenters. The van der Waals surface area contributed by atoms with Crippen molar-refractivity contribution < 1.29 is 14.4 Å². The number of pyridine rings is 1. The maximum atomic E-state index is 10.7. The molecule has 0 bridgehead atoms. The summed E-state index contributed by atoms with van der Waals surface area (Å²) in [6, 6.07) is 9.20. The number of hydrogen-bond acceptors (Lipinski definition) is 5. The molecule has 0 saturated carbocycles. The summed E-state index contributed by atoms with van der Waals surface area (Å²) in [5, 5.41) is 10.7. The minimum absolute atomic E-state index is 0.000126. The molecule has 0 aliphatic carbocycles. The number of rotatable bonds is 5. The molecule has 0 amide bonds. The van der Waals surface area contributed by atoms with E-state index in [4.69, 9.17) is 21.1 Å². The first-order chi connectivity index (χ1) is 9.58. The number of nitro groups is 1. The maximum Gasteiger partial charge on any atom is 0.277 e. The van der Waals surface area contributed by atoms with Gasteiger partial charge in [-0.15, -0.1) is 0 Å². The molecule has 7 heteroatoms. The Balaban J connectivity index is 2.19. The number of nitrogens with zero attached hydrogens (tertiary/aromatic N) is 2. The van der Waals surface area contributed by atoms with Crippen LogP contribution in [0.15, 0.2) is 36.4 Å². The molecule has 0 unspecified atom stereocenters. The van der Waals surface area contributed by atoms with Gasteiger partial charge in [-0.05, 0) is 31.2 Å². The third kappa shape index (κ3) is 3.58. The molecule has 0 spiro atoms. The smallest absolute Gasteiger partial charge is 0.277 e. The Morgan fingerprint density at radius 3 is 2.50 bits per heavy atom. The first-order valence-corrected chi connectivity index (χ1v) is 6.19. The van der Waals surface area contributed by atoms with Crippen molar-refractivity contribution in [1.29, 1.82) is 0 Å². The lowest BCUT2D eigenvalue weighted by molar-refractivity contribution is -0.385. The maximum absolute atomic E-state index is 10.7. The minimum Gasteiger partial charge on any atom is -0.494 e. The number of halogens is 1.